The second-order valence-corrected chi connectivity index (χ2v) is 7.54. The second-order valence-electron chi connectivity index (χ2n) is 7.54. The average Bonchev–Trinajstić information content (AvgIpc) is 2.69. The number of carbonyl (C=O) groups excluding carboxylic acids is 1. The van der Waals surface area contributed by atoms with Crippen LogP contribution in [0.4, 0.5) is 13.2 Å². The standard InChI is InChI=1S/C26H33F3O/c1-8-11-25(30)20(7)17(4)12-13-18(5)22(9-2)23(10-3)24-16-21(26(27,28)29)15-14-19(24)6/h12-16H,7-11H2,1-6H3/b17-12-,18-13+,23-22-. The Morgan fingerprint density at radius 3 is 2.13 bits per heavy atom. The Morgan fingerprint density at radius 2 is 1.63 bits per heavy atom. The fourth-order valence-electron chi connectivity index (χ4n) is 3.47. The maximum absolute atomic E-state index is 13.2. The van der Waals surface area contributed by atoms with Gasteiger partial charge in [0.2, 0.25) is 0 Å². The Balaban J connectivity index is 3.45. The van der Waals surface area contributed by atoms with Gasteiger partial charge in [0, 0.05) is 12.0 Å². The fourth-order valence-corrected chi connectivity index (χ4v) is 3.47. The Morgan fingerprint density at radius 1 is 1.03 bits per heavy atom. The van der Waals surface area contributed by atoms with Crippen molar-refractivity contribution in [3.05, 3.63) is 75.9 Å². The van der Waals surface area contributed by atoms with Crippen LogP contribution in [0.2, 0.25) is 0 Å². The Labute approximate surface area is 179 Å². The van der Waals surface area contributed by atoms with E-state index < -0.39 is 11.7 Å². The number of halogens is 3. The predicted octanol–water partition coefficient (Wildman–Crippen LogP) is 8.41. The average molecular weight is 419 g/mol. The van der Waals surface area contributed by atoms with Crippen LogP contribution in [0.15, 0.2) is 59.2 Å². The first-order chi connectivity index (χ1) is 14.0. The number of aryl methyl sites for hydroxylation is 1. The normalized spacial score (nSPS) is 13.9. The number of alkyl halides is 3. The van der Waals surface area contributed by atoms with Gasteiger partial charge in [0.1, 0.15) is 0 Å². The summed E-state index contributed by atoms with van der Waals surface area (Å²) in [7, 11) is 0. The SMILES string of the molecule is C=C(C(=O)CCC)\C(C)=C/C=C(C)/C(CC)=C(/CC)c1cc(C(F)(F)F)ccc1C. The summed E-state index contributed by atoms with van der Waals surface area (Å²) in [5, 5.41) is 0. The van der Waals surface area contributed by atoms with Crippen molar-refractivity contribution in [3.8, 4) is 0 Å². The van der Waals surface area contributed by atoms with Crippen molar-refractivity contribution in [1.82, 2.24) is 0 Å². The first-order valence-corrected chi connectivity index (χ1v) is 10.5. The lowest BCUT2D eigenvalue weighted by Gasteiger charge is -2.18. The van der Waals surface area contributed by atoms with Crippen molar-refractivity contribution in [1.29, 1.82) is 0 Å². The highest BCUT2D eigenvalue weighted by atomic mass is 19.4. The van der Waals surface area contributed by atoms with Crippen molar-refractivity contribution >= 4 is 11.4 Å². The summed E-state index contributed by atoms with van der Waals surface area (Å²) in [6, 6.07) is 3.92. The molecule has 0 spiro atoms. The van der Waals surface area contributed by atoms with E-state index in [2.05, 4.69) is 6.58 Å². The highest BCUT2D eigenvalue weighted by Gasteiger charge is 2.31. The molecule has 4 heteroatoms. The van der Waals surface area contributed by atoms with E-state index in [1.54, 1.807) is 0 Å². The molecule has 0 bridgehead atoms. The summed E-state index contributed by atoms with van der Waals surface area (Å²) >= 11 is 0. The minimum absolute atomic E-state index is 0.0393. The number of ketones is 1. The molecule has 1 aromatic carbocycles. The first kappa shape index (κ1) is 25.7. The molecule has 0 aliphatic rings. The van der Waals surface area contributed by atoms with E-state index in [0.717, 1.165) is 40.3 Å². The van der Waals surface area contributed by atoms with Crippen LogP contribution in [0.5, 0.6) is 0 Å². The van der Waals surface area contributed by atoms with Gasteiger partial charge in [-0.2, -0.15) is 13.2 Å². The van der Waals surface area contributed by atoms with E-state index in [4.69, 9.17) is 0 Å². The quantitative estimate of drug-likeness (QED) is 0.291. The van der Waals surface area contributed by atoms with Gasteiger partial charge in [-0.3, -0.25) is 4.79 Å². The monoisotopic (exact) mass is 418 g/mol. The molecule has 0 saturated heterocycles. The van der Waals surface area contributed by atoms with E-state index in [-0.39, 0.29) is 5.78 Å². The molecule has 1 nitrogen and oxygen atoms in total. The minimum Gasteiger partial charge on any atom is -0.294 e. The van der Waals surface area contributed by atoms with Gasteiger partial charge in [-0.05, 0) is 85.6 Å². The van der Waals surface area contributed by atoms with Crippen molar-refractivity contribution in [2.75, 3.05) is 0 Å². The second kappa shape index (κ2) is 11.1. The van der Waals surface area contributed by atoms with Crippen LogP contribution < -0.4 is 0 Å². The highest BCUT2D eigenvalue weighted by molar-refractivity contribution is 5.98. The van der Waals surface area contributed by atoms with Crippen molar-refractivity contribution < 1.29 is 18.0 Å². The van der Waals surface area contributed by atoms with Gasteiger partial charge in [0.15, 0.2) is 5.78 Å². The molecule has 1 rings (SSSR count). The lowest BCUT2D eigenvalue weighted by Crippen LogP contribution is -2.06. The fraction of sp³-hybridized carbons (Fsp3) is 0.423. The number of benzene rings is 1. The molecule has 0 radical (unpaired) electrons. The molecule has 30 heavy (non-hydrogen) atoms. The largest absolute Gasteiger partial charge is 0.416 e. The molecule has 0 aliphatic heterocycles. The molecule has 0 aliphatic carbocycles. The van der Waals surface area contributed by atoms with E-state index in [9.17, 15) is 18.0 Å². The molecule has 0 aromatic heterocycles. The van der Waals surface area contributed by atoms with E-state index in [1.807, 2.05) is 53.7 Å². The molecule has 0 saturated carbocycles. The summed E-state index contributed by atoms with van der Waals surface area (Å²) in [5.74, 6) is 0.0393. The third-order valence-corrected chi connectivity index (χ3v) is 5.31. The number of hydrogen-bond acceptors (Lipinski definition) is 1. The zero-order valence-corrected chi connectivity index (χ0v) is 19.0. The van der Waals surface area contributed by atoms with Gasteiger partial charge in [-0.1, -0.05) is 45.6 Å². The third kappa shape index (κ3) is 6.58. The molecular formula is C26H33F3O. The maximum atomic E-state index is 13.2. The molecule has 0 N–H and O–H groups in total. The van der Waals surface area contributed by atoms with Crippen LogP contribution in [0, 0.1) is 6.92 Å². The molecule has 1 aromatic rings. The van der Waals surface area contributed by atoms with Crippen molar-refractivity contribution in [2.45, 2.75) is 73.4 Å². The zero-order chi connectivity index (χ0) is 23.1. The van der Waals surface area contributed by atoms with Crippen LogP contribution >= 0.6 is 0 Å². The molecule has 0 fully saturated rings. The number of Topliss-reactive ketones (excluding diaryl/α,β-unsaturated/α-hetero) is 1. The number of hydrogen-bond donors (Lipinski definition) is 0. The Hall–Kier alpha value is -2.36. The highest BCUT2D eigenvalue weighted by Crippen LogP contribution is 2.36. The molecule has 0 heterocycles. The Bertz CT molecular complexity index is 880. The predicted molar refractivity (Wildman–Crippen MR) is 120 cm³/mol. The van der Waals surface area contributed by atoms with E-state index in [0.29, 0.717) is 30.4 Å². The maximum Gasteiger partial charge on any atom is 0.416 e. The molecule has 0 amide bonds. The van der Waals surface area contributed by atoms with Gasteiger partial charge in [-0.15, -0.1) is 0 Å². The van der Waals surface area contributed by atoms with Crippen molar-refractivity contribution in [3.63, 3.8) is 0 Å². The van der Waals surface area contributed by atoms with E-state index >= 15 is 0 Å². The van der Waals surface area contributed by atoms with Crippen molar-refractivity contribution in [2.24, 2.45) is 0 Å². The topological polar surface area (TPSA) is 17.1 Å². The first-order valence-electron chi connectivity index (χ1n) is 10.5. The lowest BCUT2D eigenvalue weighted by atomic mass is 9.88. The van der Waals surface area contributed by atoms with Crippen LogP contribution in [-0.2, 0) is 11.0 Å². The van der Waals surface area contributed by atoms with Gasteiger partial charge in [-0.25, -0.2) is 0 Å². The number of allylic oxidation sites excluding steroid dienone is 7. The van der Waals surface area contributed by atoms with Crippen LogP contribution in [0.3, 0.4) is 0 Å². The van der Waals surface area contributed by atoms with Gasteiger partial charge in [0.25, 0.3) is 0 Å². The minimum atomic E-state index is -4.37. The summed E-state index contributed by atoms with van der Waals surface area (Å²) in [6.45, 7) is 15.5. The summed E-state index contributed by atoms with van der Waals surface area (Å²) < 4.78 is 39.7. The van der Waals surface area contributed by atoms with Crippen LogP contribution in [0.1, 0.15) is 77.0 Å². The van der Waals surface area contributed by atoms with Gasteiger partial charge in [0.05, 0.1) is 5.56 Å². The van der Waals surface area contributed by atoms with E-state index in [1.165, 1.54) is 12.1 Å². The molecule has 0 unspecified atom stereocenters. The third-order valence-electron chi connectivity index (χ3n) is 5.31. The van der Waals surface area contributed by atoms with Gasteiger partial charge >= 0.3 is 6.18 Å². The summed E-state index contributed by atoms with van der Waals surface area (Å²) in [4.78, 5) is 12.0. The number of rotatable bonds is 9. The number of carbonyl (C=O) groups is 1. The summed E-state index contributed by atoms with van der Waals surface area (Å²) in [5.41, 5.74) is 5.05. The molecular weight excluding hydrogens is 385 g/mol. The van der Waals surface area contributed by atoms with Gasteiger partial charge < -0.3 is 0 Å². The van der Waals surface area contributed by atoms with Crippen LogP contribution in [0.25, 0.3) is 5.57 Å². The Kier molecular flexibility index (Phi) is 9.54. The lowest BCUT2D eigenvalue weighted by molar-refractivity contribution is -0.137. The summed E-state index contributed by atoms with van der Waals surface area (Å²) in [6.07, 6.45) is 2.00. The smallest absolute Gasteiger partial charge is 0.294 e. The molecule has 164 valence electrons. The van der Waals surface area contributed by atoms with Crippen LogP contribution in [-0.4, -0.2) is 5.78 Å². The molecule has 0 atom stereocenters. The zero-order valence-electron chi connectivity index (χ0n) is 19.0.